The fraction of sp³-hybridized carbons (Fsp3) is 1.00. The van der Waals surface area contributed by atoms with Gasteiger partial charge in [-0.15, -0.1) is 0 Å². The molecule has 0 aromatic heterocycles. The molecule has 22 aliphatic heterocycles. The topological polar surface area (TPSA) is 475 Å². The van der Waals surface area contributed by atoms with Crippen LogP contribution in [0.3, 0.4) is 0 Å². The molecule has 0 radical (unpaired) electrons. The zero-order chi connectivity index (χ0) is 48.0. The lowest BCUT2D eigenvalue weighted by Crippen LogP contribution is -2.69. The Balaban J connectivity index is 1.19. The number of rotatable bonds is 6. The standard InChI is InChI=1S/C36H60O30/c37-1-7-25-13(43)19(49)31(55-7)62-26-8(2-38)57-33(21(51)15(26)45)64-28-10(4-40)59-35(23(53)17(28)47)66-30-12(6-42)60-36(24(54)18(30)48)65-29-11(5-41)58-34(22(52)16(29)46)63-27-9(3-39)56-32(61-25)20(50)14(27)44/h7-54H,1-6H2/t7-,8-,9-,10-,11-,12-,13-,14-,15-,16+,17+,18-,19-,20-,21-,22-,23-,24-,25+,26+,27+,28+,29+,30+,31+,32+,33+,34+,35+,36+/m0/s1. The van der Waals surface area contributed by atoms with E-state index in [1.807, 2.05) is 0 Å². The molecule has 22 fully saturated rings. The monoisotopic (exact) mass is 972 g/mol. The Morgan fingerprint density at radius 1 is 0.182 bits per heavy atom. The second-order valence-electron chi connectivity index (χ2n) is 16.8. The molecule has 384 valence electrons. The van der Waals surface area contributed by atoms with Gasteiger partial charge >= 0.3 is 0 Å². The summed E-state index contributed by atoms with van der Waals surface area (Å²) in [5, 5.41) is 196. The fourth-order valence-electron chi connectivity index (χ4n) is 8.93. The first-order chi connectivity index (χ1) is 31.4. The van der Waals surface area contributed by atoms with E-state index in [-0.39, 0.29) is 0 Å². The summed E-state index contributed by atoms with van der Waals surface area (Å²) in [7, 11) is 0. The van der Waals surface area contributed by atoms with Crippen LogP contribution in [-0.2, 0) is 56.8 Å². The van der Waals surface area contributed by atoms with E-state index in [0.717, 1.165) is 0 Å². The van der Waals surface area contributed by atoms with Crippen molar-refractivity contribution in [1.29, 1.82) is 0 Å². The van der Waals surface area contributed by atoms with Crippen LogP contribution in [0.5, 0.6) is 0 Å². The molecule has 30 atom stereocenters. The van der Waals surface area contributed by atoms with Gasteiger partial charge in [-0.3, -0.25) is 0 Å². The molecule has 0 aromatic carbocycles. The summed E-state index contributed by atoms with van der Waals surface area (Å²) in [6, 6.07) is 0. The number of hydrogen-bond donors (Lipinski definition) is 18. The molecule has 0 spiro atoms. The summed E-state index contributed by atoms with van der Waals surface area (Å²) in [6.07, 6.45) is -58.5. The number of aliphatic hydroxyl groups is 18. The third-order valence-corrected chi connectivity index (χ3v) is 12.7. The van der Waals surface area contributed by atoms with Crippen LogP contribution in [0, 0.1) is 0 Å². The van der Waals surface area contributed by atoms with Crippen molar-refractivity contribution in [3.05, 3.63) is 0 Å². The van der Waals surface area contributed by atoms with Crippen molar-refractivity contribution < 1.29 is 149 Å². The Bertz CT molecular complexity index is 1230. The molecule has 22 aliphatic rings. The van der Waals surface area contributed by atoms with E-state index in [9.17, 15) is 91.9 Å². The molecule has 0 saturated carbocycles. The average Bonchev–Trinajstić information content (AvgIpc) is 3.31. The molecule has 22 rings (SSSR count). The molecule has 30 nitrogen and oxygen atoms in total. The zero-order valence-electron chi connectivity index (χ0n) is 34.5. The predicted molar refractivity (Wildman–Crippen MR) is 196 cm³/mol. The molecular formula is C36H60O30. The lowest BCUT2D eigenvalue weighted by Gasteiger charge is -2.50. The first-order valence-corrected chi connectivity index (χ1v) is 21.1. The normalized spacial score (nSPS) is 55.4. The Kier molecular flexibility index (Phi) is 17.6. The van der Waals surface area contributed by atoms with Gasteiger partial charge in [-0.2, -0.15) is 0 Å². The van der Waals surface area contributed by atoms with Crippen LogP contribution in [0.15, 0.2) is 0 Å². The van der Waals surface area contributed by atoms with Crippen LogP contribution in [0.25, 0.3) is 0 Å². The second kappa shape index (κ2) is 22.1. The number of hydrogen-bond acceptors (Lipinski definition) is 30. The maximum atomic E-state index is 11.2. The number of aliphatic hydroxyl groups excluding tert-OH is 18. The van der Waals surface area contributed by atoms with E-state index in [1.54, 1.807) is 0 Å². The van der Waals surface area contributed by atoms with Crippen LogP contribution in [0.1, 0.15) is 0 Å². The van der Waals surface area contributed by atoms with E-state index in [2.05, 4.69) is 0 Å². The highest BCUT2D eigenvalue weighted by molar-refractivity contribution is 5.01. The molecule has 22 heterocycles. The maximum Gasteiger partial charge on any atom is 0.187 e. The van der Waals surface area contributed by atoms with Gasteiger partial charge < -0.3 is 149 Å². The van der Waals surface area contributed by atoms with Gasteiger partial charge in [-0.1, -0.05) is 0 Å². The average molecular weight is 973 g/mol. The van der Waals surface area contributed by atoms with Crippen molar-refractivity contribution in [2.75, 3.05) is 39.6 Å². The fourth-order valence-corrected chi connectivity index (χ4v) is 8.93. The summed E-state index contributed by atoms with van der Waals surface area (Å²) in [6.45, 7) is -5.99. The van der Waals surface area contributed by atoms with Gasteiger partial charge in [0.2, 0.25) is 0 Å². The molecule has 12 bridgehead atoms. The van der Waals surface area contributed by atoms with Crippen LogP contribution < -0.4 is 0 Å². The van der Waals surface area contributed by atoms with E-state index < -0.39 is 224 Å². The van der Waals surface area contributed by atoms with Gasteiger partial charge in [0.05, 0.1) is 39.6 Å². The van der Waals surface area contributed by atoms with Crippen LogP contribution in [0.2, 0.25) is 0 Å². The second-order valence-corrected chi connectivity index (χ2v) is 16.8. The lowest BCUT2D eigenvalue weighted by atomic mass is 9.94. The van der Waals surface area contributed by atoms with Crippen LogP contribution in [-0.4, -0.2) is 316 Å². The Labute approximate surface area is 372 Å². The third kappa shape index (κ3) is 10.0. The molecule has 0 aromatic rings. The van der Waals surface area contributed by atoms with Crippen molar-refractivity contribution in [3.63, 3.8) is 0 Å². The predicted octanol–water partition coefficient (Wildman–Crippen LogP) is -13.1. The smallest absolute Gasteiger partial charge is 0.187 e. The number of ether oxygens (including phenoxy) is 12. The first kappa shape index (κ1) is 52.6. The summed E-state index contributed by atoms with van der Waals surface area (Å²) < 4.78 is 67.9. The van der Waals surface area contributed by atoms with Gasteiger partial charge in [-0.05, 0) is 0 Å². The van der Waals surface area contributed by atoms with Gasteiger partial charge in [-0.25, -0.2) is 0 Å². The molecule has 0 unspecified atom stereocenters. The Morgan fingerprint density at radius 3 is 0.409 bits per heavy atom. The summed E-state index contributed by atoms with van der Waals surface area (Å²) >= 11 is 0. The molecule has 22 saturated heterocycles. The third-order valence-electron chi connectivity index (χ3n) is 12.7. The molecular weight excluding hydrogens is 912 g/mol. The minimum atomic E-state index is -2.15. The first-order valence-electron chi connectivity index (χ1n) is 21.1. The zero-order valence-corrected chi connectivity index (χ0v) is 34.5. The maximum absolute atomic E-state index is 11.2. The largest absolute Gasteiger partial charge is 0.394 e. The molecule has 30 heteroatoms. The van der Waals surface area contributed by atoms with E-state index in [4.69, 9.17) is 56.8 Å². The van der Waals surface area contributed by atoms with Gasteiger partial charge in [0, 0.05) is 0 Å². The van der Waals surface area contributed by atoms with Crippen molar-refractivity contribution >= 4 is 0 Å². The van der Waals surface area contributed by atoms with E-state index in [1.165, 1.54) is 0 Å². The quantitative estimate of drug-likeness (QED) is 0.117. The highest BCUT2D eigenvalue weighted by Crippen LogP contribution is 2.38. The van der Waals surface area contributed by atoms with Crippen molar-refractivity contribution in [2.45, 2.75) is 184 Å². The SMILES string of the molecule is OC[C@@H]1O[C@@H]2O[C@H]3[C@@H](O)[C@H](O)[C@@H](O[C@H]4[C@@H](O)[C@H](O)[C@@H](O[C@H]5[C@@H](O)[C@H](O)[C@@H](O[C@H]6[C@H](O)[C@H](O)[C@@H](O[C@H]7[C@@H](O)[C@H](O)[C@@H](O[C@H]1[C@H](O)[C@@H]2O)O[C@H]7CO)O[C@H]6CO)O[C@H]5CO)O[C@H]4CO)O[C@H]3CO. The molecule has 0 amide bonds. The van der Waals surface area contributed by atoms with Gasteiger partial charge in [0.15, 0.2) is 37.7 Å². The van der Waals surface area contributed by atoms with Crippen molar-refractivity contribution in [1.82, 2.24) is 0 Å². The summed E-state index contributed by atoms with van der Waals surface area (Å²) in [4.78, 5) is 0. The van der Waals surface area contributed by atoms with Gasteiger partial charge in [0.1, 0.15) is 146 Å². The summed E-state index contributed by atoms with van der Waals surface area (Å²) in [5.74, 6) is 0. The Morgan fingerprint density at radius 2 is 0.303 bits per heavy atom. The van der Waals surface area contributed by atoms with Crippen molar-refractivity contribution in [3.8, 4) is 0 Å². The molecule has 18 N–H and O–H groups in total. The van der Waals surface area contributed by atoms with Crippen LogP contribution in [0.4, 0.5) is 0 Å². The Hall–Kier alpha value is -1.20. The molecule has 0 aliphatic carbocycles. The van der Waals surface area contributed by atoms with Crippen LogP contribution >= 0.6 is 0 Å². The van der Waals surface area contributed by atoms with E-state index >= 15 is 0 Å². The minimum absolute atomic E-state index is 0.999. The highest BCUT2D eigenvalue weighted by Gasteiger charge is 2.58. The lowest BCUT2D eigenvalue weighted by molar-refractivity contribution is -0.404. The van der Waals surface area contributed by atoms with Gasteiger partial charge in [0.25, 0.3) is 0 Å². The van der Waals surface area contributed by atoms with Crippen molar-refractivity contribution in [2.24, 2.45) is 0 Å². The minimum Gasteiger partial charge on any atom is -0.394 e. The molecule has 66 heavy (non-hydrogen) atoms. The summed E-state index contributed by atoms with van der Waals surface area (Å²) in [5.41, 5.74) is 0. The van der Waals surface area contributed by atoms with E-state index in [0.29, 0.717) is 0 Å². The highest BCUT2D eigenvalue weighted by atomic mass is 16.8.